The minimum Gasteiger partial charge on any atom is -0.496 e. The fourth-order valence-corrected chi connectivity index (χ4v) is 7.99. The Hall–Kier alpha value is -4.64. The van der Waals surface area contributed by atoms with Crippen LogP contribution in [0.15, 0.2) is 71.8 Å². The molecule has 2 saturated heterocycles. The zero-order chi connectivity index (χ0) is 32.0. The lowest BCUT2D eigenvalue weighted by Gasteiger charge is -2.32. The summed E-state index contributed by atoms with van der Waals surface area (Å²) in [7, 11) is -1.11. The first-order valence-electron chi connectivity index (χ1n) is 14.8. The number of amides is 2. The van der Waals surface area contributed by atoms with Gasteiger partial charge in [-0.05, 0) is 74.2 Å². The van der Waals surface area contributed by atoms with Gasteiger partial charge in [0.2, 0.25) is 11.8 Å². The number of carbonyl (C=O) groups excluding carboxylic acids is 3. The fourth-order valence-electron chi connectivity index (χ4n) is 6.58. The van der Waals surface area contributed by atoms with E-state index in [2.05, 4.69) is 0 Å². The van der Waals surface area contributed by atoms with Gasteiger partial charge in [0.1, 0.15) is 11.8 Å². The predicted molar refractivity (Wildman–Crippen MR) is 167 cm³/mol. The number of hydrogen-bond donors (Lipinski definition) is 0. The Morgan fingerprint density at radius 3 is 2.36 bits per heavy atom. The molecule has 45 heavy (non-hydrogen) atoms. The molecule has 0 radical (unpaired) electrons. The SMILES string of the molecule is COC(=O)c1ccc(C2C(=O)N3CCC[C@@H]3CC(=O)N2Cc2c(OC)cc(C)c3c2ccn3S(=O)(=O)c2ccc(C)cc2)cc1. The molecule has 0 aliphatic carbocycles. The molecule has 0 saturated carbocycles. The number of fused-ring (bicyclic) bond motifs is 2. The number of methoxy groups -OCH3 is 2. The standard InChI is InChI=1S/C34H35N3O7S/c1-21-7-13-26(14-8-21)45(41,42)37-17-15-27-28(29(43-3)18-22(2)31(27)37)20-36-30(38)19-25-6-5-16-35(25)33(39)32(36)23-9-11-24(12-10-23)34(40)44-4/h7-15,17-18,25,32H,5-6,16,19-20H2,1-4H3/t25-,32?/m1/s1. The van der Waals surface area contributed by atoms with E-state index in [1.807, 2.05) is 13.8 Å². The van der Waals surface area contributed by atoms with E-state index >= 15 is 0 Å². The van der Waals surface area contributed by atoms with Gasteiger partial charge in [-0.2, -0.15) is 0 Å². The summed E-state index contributed by atoms with van der Waals surface area (Å²) < 4.78 is 39.5. The third kappa shape index (κ3) is 5.24. The molecule has 4 aromatic rings. The van der Waals surface area contributed by atoms with Gasteiger partial charge in [-0.1, -0.05) is 29.8 Å². The van der Waals surface area contributed by atoms with Gasteiger partial charge in [0.05, 0.1) is 36.7 Å². The van der Waals surface area contributed by atoms with Crippen LogP contribution >= 0.6 is 0 Å². The van der Waals surface area contributed by atoms with E-state index in [0.29, 0.717) is 45.5 Å². The maximum Gasteiger partial charge on any atom is 0.337 e. The van der Waals surface area contributed by atoms with Gasteiger partial charge >= 0.3 is 5.97 Å². The maximum atomic E-state index is 14.2. The van der Waals surface area contributed by atoms with Crippen LogP contribution in [-0.2, 0) is 30.9 Å². The first kappa shape index (κ1) is 30.4. The van der Waals surface area contributed by atoms with Crippen molar-refractivity contribution < 1.29 is 32.3 Å². The molecule has 1 unspecified atom stereocenters. The van der Waals surface area contributed by atoms with Crippen LogP contribution in [0.5, 0.6) is 5.75 Å². The van der Waals surface area contributed by atoms with Crippen LogP contribution in [0, 0.1) is 13.8 Å². The van der Waals surface area contributed by atoms with Crippen molar-refractivity contribution in [3.8, 4) is 5.75 Å². The molecule has 6 rings (SSSR count). The van der Waals surface area contributed by atoms with Crippen molar-refractivity contribution in [1.82, 2.24) is 13.8 Å². The minimum atomic E-state index is -3.94. The highest BCUT2D eigenvalue weighted by Crippen LogP contribution is 2.39. The highest BCUT2D eigenvalue weighted by molar-refractivity contribution is 7.90. The van der Waals surface area contributed by atoms with Gasteiger partial charge in [0.25, 0.3) is 10.0 Å². The number of hydrogen-bond acceptors (Lipinski definition) is 7. The monoisotopic (exact) mass is 629 g/mol. The second-order valence-electron chi connectivity index (χ2n) is 11.6. The van der Waals surface area contributed by atoms with Crippen LogP contribution in [0.4, 0.5) is 0 Å². The molecule has 3 aromatic carbocycles. The zero-order valence-electron chi connectivity index (χ0n) is 25.6. The highest BCUT2D eigenvalue weighted by Gasteiger charge is 2.44. The lowest BCUT2D eigenvalue weighted by atomic mass is 9.99. The first-order chi connectivity index (χ1) is 21.5. The van der Waals surface area contributed by atoms with E-state index in [4.69, 9.17) is 9.47 Å². The number of carbonyl (C=O) groups is 3. The smallest absolute Gasteiger partial charge is 0.337 e. The van der Waals surface area contributed by atoms with E-state index in [1.165, 1.54) is 24.4 Å². The molecule has 11 heteroatoms. The van der Waals surface area contributed by atoms with Gasteiger partial charge in [-0.3, -0.25) is 9.59 Å². The summed E-state index contributed by atoms with van der Waals surface area (Å²) in [5, 5.41) is 0.604. The third-order valence-corrected chi connectivity index (χ3v) is 10.6. The topological polar surface area (TPSA) is 115 Å². The van der Waals surface area contributed by atoms with Crippen LogP contribution in [0.2, 0.25) is 0 Å². The Balaban J connectivity index is 1.48. The molecular weight excluding hydrogens is 594 g/mol. The second-order valence-corrected chi connectivity index (χ2v) is 13.5. The molecule has 2 atom stereocenters. The van der Waals surface area contributed by atoms with E-state index in [-0.39, 0.29) is 35.7 Å². The average Bonchev–Trinajstić information content (AvgIpc) is 3.68. The number of benzene rings is 3. The number of aromatic nitrogens is 1. The second kappa shape index (κ2) is 11.7. The maximum absolute atomic E-state index is 14.2. The van der Waals surface area contributed by atoms with Gasteiger partial charge in [-0.25, -0.2) is 17.2 Å². The Bertz CT molecular complexity index is 1910. The summed E-state index contributed by atoms with van der Waals surface area (Å²) >= 11 is 0. The van der Waals surface area contributed by atoms with E-state index in [1.54, 1.807) is 70.5 Å². The lowest BCUT2D eigenvalue weighted by Crippen LogP contribution is -2.41. The molecule has 0 N–H and O–H groups in total. The summed E-state index contributed by atoms with van der Waals surface area (Å²) in [5.41, 5.74) is 3.59. The normalized spacial score (nSPS) is 18.7. The number of nitrogens with zero attached hydrogens (tertiary/aromatic N) is 3. The van der Waals surface area contributed by atoms with Crippen LogP contribution in [0.1, 0.15) is 57.9 Å². The molecule has 2 aliphatic heterocycles. The number of aryl methyl sites for hydroxylation is 2. The van der Waals surface area contributed by atoms with Crippen LogP contribution in [-0.4, -0.2) is 66.8 Å². The van der Waals surface area contributed by atoms with Gasteiger partial charge < -0.3 is 19.3 Å². The zero-order valence-corrected chi connectivity index (χ0v) is 26.5. The summed E-state index contributed by atoms with van der Waals surface area (Å²) in [6.07, 6.45) is 3.27. The summed E-state index contributed by atoms with van der Waals surface area (Å²) in [5.74, 6) is -0.397. The van der Waals surface area contributed by atoms with Crippen LogP contribution < -0.4 is 4.74 Å². The molecule has 2 aliphatic rings. The number of ether oxygens (including phenoxy) is 2. The molecule has 1 aromatic heterocycles. The predicted octanol–water partition coefficient (Wildman–Crippen LogP) is 4.75. The Labute approximate surface area is 262 Å². The molecule has 3 heterocycles. The highest BCUT2D eigenvalue weighted by atomic mass is 32.2. The van der Waals surface area contributed by atoms with E-state index in [9.17, 15) is 22.8 Å². The van der Waals surface area contributed by atoms with Crippen LogP contribution in [0.25, 0.3) is 10.9 Å². The van der Waals surface area contributed by atoms with Gasteiger partial charge in [0.15, 0.2) is 0 Å². The number of rotatable bonds is 7. The summed E-state index contributed by atoms with van der Waals surface area (Å²) in [6.45, 7) is 4.28. The molecule has 234 valence electrons. The molecule has 10 nitrogen and oxygen atoms in total. The number of esters is 1. The molecule has 0 bridgehead atoms. The minimum absolute atomic E-state index is 0.00307. The van der Waals surface area contributed by atoms with Crippen molar-refractivity contribution in [2.45, 2.75) is 56.6 Å². The Morgan fingerprint density at radius 2 is 1.69 bits per heavy atom. The first-order valence-corrected chi connectivity index (χ1v) is 16.3. The third-order valence-electron chi connectivity index (χ3n) is 8.91. The fraction of sp³-hybridized carbons (Fsp3) is 0.324. The molecule has 2 amide bonds. The molecule has 2 fully saturated rings. The lowest BCUT2D eigenvalue weighted by molar-refractivity contribution is -0.142. The van der Waals surface area contributed by atoms with Crippen molar-refractivity contribution in [2.24, 2.45) is 0 Å². The van der Waals surface area contributed by atoms with Crippen LogP contribution in [0.3, 0.4) is 0 Å². The van der Waals surface area contributed by atoms with Crippen molar-refractivity contribution >= 4 is 38.7 Å². The van der Waals surface area contributed by atoms with Crippen molar-refractivity contribution in [3.63, 3.8) is 0 Å². The molecular formula is C34H35N3O7S. The Morgan fingerprint density at radius 1 is 0.978 bits per heavy atom. The largest absolute Gasteiger partial charge is 0.496 e. The van der Waals surface area contributed by atoms with Crippen molar-refractivity contribution in [2.75, 3.05) is 20.8 Å². The molecule has 0 spiro atoms. The van der Waals surface area contributed by atoms with Gasteiger partial charge in [0, 0.05) is 36.2 Å². The Kier molecular flexibility index (Phi) is 7.90. The van der Waals surface area contributed by atoms with Crippen molar-refractivity contribution in [3.05, 3.63) is 94.7 Å². The van der Waals surface area contributed by atoms with E-state index in [0.717, 1.165) is 18.4 Å². The van der Waals surface area contributed by atoms with E-state index < -0.39 is 22.0 Å². The average molecular weight is 630 g/mol. The summed E-state index contributed by atoms with van der Waals surface area (Å²) in [4.78, 5) is 43.8. The van der Waals surface area contributed by atoms with Crippen molar-refractivity contribution in [1.29, 1.82) is 0 Å². The quantitative estimate of drug-likeness (QED) is 0.271. The van der Waals surface area contributed by atoms with Gasteiger partial charge in [-0.15, -0.1) is 0 Å². The summed E-state index contributed by atoms with van der Waals surface area (Å²) in [6, 6.07) is 15.6.